The Morgan fingerprint density at radius 3 is 2.48 bits per heavy atom. The van der Waals surface area contributed by atoms with Crippen molar-refractivity contribution in [2.24, 2.45) is 0 Å². The number of carbonyl (C=O) groups is 1. The number of carboxylic acids is 1. The highest BCUT2D eigenvalue weighted by Gasteiger charge is 2.17. The summed E-state index contributed by atoms with van der Waals surface area (Å²) >= 11 is 0. The molecule has 0 atom stereocenters. The average Bonchev–Trinajstić information content (AvgIpc) is 3.19. The van der Waals surface area contributed by atoms with E-state index in [0.717, 1.165) is 45.2 Å². The molecule has 1 aromatic carbocycles. The van der Waals surface area contributed by atoms with E-state index in [0.29, 0.717) is 0 Å². The van der Waals surface area contributed by atoms with Gasteiger partial charge < -0.3 is 5.11 Å². The fraction of sp³-hybridized carbons (Fsp3) is 0.0400. The molecule has 4 heterocycles. The summed E-state index contributed by atoms with van der Waals surface area (Å²) in [5.74, 6) is -0.950. The number of carboxylic acid groups (broad SMARTS) is 1. The molecule has 0 saturated heterocycles. The van der Waals surface area contributed by atoms with Crippen molar-refractivity contribution in [1.29, 1.82) is 0 Å². The quantitative estimate of drug-likeness (QED) is 0.447. The van der Waals surface area contributed by atoms with Gasteiger partial charge in [-0.15, -0.1) is 0 Å². The van der Waals surface area contributed by atoms with Crippen molar-refractivity contribution in [2.45, 2.75) is 6.92 Å². The molecule has 0 radical (unpaired) electrons. The molecule has 5 aromatic rings. The number of aromatic carboxylic acids is 1. The first kappa shape index (κ1) is 18.7. The van der Waals surface area contributed by atoms with Crippen molar-refractivity contribution < 1.29 is 9.90 Å². The molecule has 0 unspecified atom stereocenters. The van der Waals surface area contributed by atoms with Crippen LogP contribution in [0.25, 0.3) is 39.5 Å². The Hall–Kier alpha value is -4.32. The van der Waals surface area contributed by atoms with Gasteiger partial charge in [0, 0.05) is 29.2 Å². The van der Waals surface area contributed by atoms with Crippen LogP contribution in [0.1, 0.15) is 16.1 Å². The summed E-state index contributed by atoms with van der Waals surface area (Å²) in [4.78, 5) is 25.2. The van der Waals surface area contributed by atoms with Gasteiger partial charge in [-0.3, -0.25) is 14.4 Å². The van der Waals surface area contributed by atoms with Crippen LogP contribution in [0.2, 0.25) is 0 Å². The highest BCUT2D eigenvalue weighted by atomic mass is 16.4. The summed E-state index contributed by atoms with van der Waals surface area (Å²) in [7, 11) is 0. The van der Waals surface area contributed by atoms with Crippen LogP contribution in [0.4, 0.5) is 0 Å². The lowest BCUT2D eigenvalue weighted by molar-refractivity contribution is 0.0697. The first-order chi connectivity index (χ1) is 15.1. The van der Waals surface area contributed by atoms with Crippen LogP contribution in [0, 0.1) is 6.92 Å². The zero-order valence-corrected chi connectivity index (χ0v) is 16.7. The molecule has 0 aliphatic rings. The predicted molar refractivity (Wildman–Crippen MR) is 119 cm³/mol. The third kappa shape index (κ3) is 3.44. The lowest BCUT2D eigenvalue weighted by Gasteiger charge is -2.08. The second-order valence-electron chi connectivity index (χ2n) is 7.21. The number of rotatable bonds is 4. The minimum Gasteiger partial charge on any atom is -0.478 e. The molecule has 0 fully saturated rings. The second kappa shape index (κ2) is 7.50. The van der Waals surface area contributed by atoms with Crippen molar-refractivity contribution in [3.63, 3.8) is 0 Å². The first-order valence-corrected chi connectivity index (χ1v) is 9.81. The first-order valence-electron chi connectivity index (χ1n) is 9.81. The van der Waals surface area contributed by atoms with E-state index in [1.807, 2.05) is 66.1 Å². The van der Waals surface area contributed by atoms with E-state index in [1.165, 1.54) is 0 Å². The van der Waals surface area contributed by atoms with Gasteiger partial charge in [-0.25, -0.2) is 9.78 Å². The molecule has 6 nitrogen and oxygen atoms in total. The lowest BCUT2D eigenvalue weighted by Crippen LogP contribution is -1.96. The Morgan fingerprint density at radius 2 is 1.71 bits per heavy atom. The maximum absolute atomic E-state index is 11.1. The molecule has 31 heavy (non-hydrogen) atoms. The Labute approximate surface area is 178 Å². The molecular formula is C25H18N4O2. The van der Waals surface area contributed by atoms with Crippen molar-refractivity contribution in [1.82, 2.24) is 19.4 Å². The van der Waals surface area contributed by atoms with Gasteiger partial charge in [-0.05, 0) is 55.5 Å². The average molecular weight is 406 g/mol. The van der Waals surface area contributed by atoms with Gasteiger partial charge in [0.25, 0.3) is 0 Å². The van der Waals surface area contributed by atoms with E-state index < -0.39 is 5.97 Å². The molecule has 150 valence electrons. The summed E-state index contributed by atoms with van der Waals surface area (Å²) in [6.45, 7) is 1.96. The highest BCUT2D eigenvalue weighted by Crippen LogP contribution is 2.33. The summed E-state index contributed by atoms with van der Waals surface area (Å²) in [6, 6.07) is 22.5. The van der Waals surface area contributed by atoms with E-state index in [4.69, 9.17) is 10.1 Å². The van der Waals surface area contributed by atoms with E-state index in [2.05, 4.69) is 9.97 Å². The summed E-state index contributed by atoms with van der Waals surface area (Å²) in [5.41, 5.74) is 7.09. The van der Waals surface area contributed by atoms with Crippen LogP contribution < -0.4 is 0 Å². The lowest BCUT2D eigenvalue weighted by atomic mass is 10.0. The third-order valence-corrected chi connectivity index (χ3v) is 5.12. The second-order valence-corrected chi connectivity index (χ2v) is 7.21. The normalized spacial score (nSPS) is 11.0. The highest BCUT2D eigenvalue weighted by molar-refractivity contribution is 5.88. The monoisotopic (exact) mass is 406 g/mol. The molecular weight excluding hydrogens is 388 g/mol. The predicted octanol–water partition coefficient (Wildman–Crippen LogP) is 5.13. The van der Waals surface area contributed by atoms with Crippen molar-refractivity contribution in [3.05, 3.63) is 96.4 Å². The standard InChI is InChI=1S/C25H18N4O2/c1-16-5-4-6-20(27-16)23-24(29-14-3-2-7-22(29)28-23)19-12-13-26-21(15-19)17-8-10-18(11-9-17)25(30)31/h2-15H,1H3,(H,30,31). The fourth-order valence-electron chi connectivity index (χ4n) is 3.64. The molecule has 0 aliphatic carbocycles. The molecule has 0 spiro atoms. The maximum atomic E-state index is 11.1. The molecule has 0 aliphatic heterocycles. The van der Waals surface area contributed by atoms with Crippen molar-refractivity contribution >= 4 is 11.6 Å². The fourth-order valence-corrected chi connectivity index (χ4v) is 3.64. The number of hydrogen-bond donors (Lipinski definition) is 1. The van der Waals surface area contributed by atoms with Crippen LogP contribution in [-0.4, -0.2) is 30.4 Å². The van der Waals surface area contributed by atoms with Gasteiger partial charge in [0.1, 0.15) is 11.3 Å². The van der Waals surface area contributed by atoms with Crippen LogP contribution in [0.15, 0.2) is 85.2 Å². The number of fused-ring (bicyclic) bond motifs is 1. The van der Waals surface area contributed by atoms with Gasteiger partial charge >= 0.3 is 5.97 Å². The van der Waals surface area contributed by atoms with Gasteiger partial charge in [0.05, 0.1) is 22.6 Å². The maximum Gasteiger partial charge on any atom is 0.335 e. The molecule has 5 rings (SSSR count). The topological polar surface area (TPSA) is 80.4 Å². The molecule has 6 heteroatoms. The van der Waals surface area contributed by atoms with Crippen LogP contribution in [0.3, 0.4) is 0 Å². The molecule has 4 aromatic heterocycles. The Bertz CT molecular complexity index is 1420. The van der Waals surface area contributed by atoms with Crippen LogP contribution >= 0.6 is 0 Å². The van der Waals surface area contributed by atoms with Crippen molar-refractivity contribution in [2.75, 3.05) is 0 Å². The van der Waals surface area contributed by atoms with E-state index in [9.17, 15) is 4.79 Å². The Morgan fingerprint density at radius 1 is 0.871 bits per heavy atom. The molecule has 0 amide bonds. The zero-order chi connectivity index (χ0) is 21.4. The minimum atomic E-state index is -0.950. The third-order valence-electron chi connectivity index (χ3n) is 5.12. The van der Waals surface area contributed by atoms with Gasteiger partial charge in [-0.2, -0.15) is 0 Å². The SMILES string of the molecule is Cc1cccc(-c2nc3ccccn3c2-c2ccnc(-c3ccc(C(=O)O)cc3)c2)n1. The smallest absolute Gasteiger partial charge is 0.335 e. The van der Waals surface area contributed by atoms with Crippen LogP contribution in [-0.2, 0) is 0 Å². The number of hydrogen-bond acceptors (Lipinski definition) is 4. The minimum absolute atomic E-state index is 0.245. The number of imidazole rings is 1. The Kier molecular flexibility index (Phi) is 4.52. The Balaban J connectivity index is 1.68. The summed E-state index contributed by atoms with van der Waals surface area (Å²) in [6.07, 6.45) is 3.74. The van der Waals surface area contributed by atoms with Gasteiger partial charge in [0.15, 0.2) is 0 Å². The van der Waals surface area contributed by atoms with E-state index >= 15 is 0 Å². The number of benzene rings is 1. The van der Waals surface area contributed by atoms with Crippen molar-refractivity contribution in [3.8, 4) is 33.9 Å². The zero-order valence-electron chi connectivity index (χ0n) is 16.7. The number of nitrogens with zero attached hydrogens (tertiary/aromatic N) is 4. The summed E-state index contributed by atoms with van der Waals surface area (Å²) in [5, 5.41) is 9.14. The van der Waals surface area contributed by atoms with E-state index in [-0.39, 0.29) is 5.56 Å². The number of aromatic nitrogens is 4. The van der Waals surface area contributed by atoms with Gasteiger partial charge in [0.2, 0.25) is 0 Å². The number of aryl methyl sites for hydroxylation is 1. The largest absolute Gasteiger partial charge is 0.478 e. The molecule has 1 N–H and O–H groups in total. The van der Waals surface area contributed by atoms with E-state index in [1.54, 1.807) is 30.5 Å². The van der Waals surface area contributed by atoms with Crippen LogP contribution in [0.5, 0.6) is 0 Å². The molecule has 0 saturated carbocycles. The van der Waals surface area contributed by atoms with Gasteiger partial charge in [-0.1, -0.05) is 24.3 Å². The number of pyridine rings is 3. The summed E-state index contributed by atoms with van der Waals surface area (Å²) < 4.78 is 2.05. The molecule has 0 bridgehead atoms.